The van der Waals surface area contributed by atoms with Crippen molar-refractivity contribution in [2.45, 2.75) is 26.8 Å². The van der Waals surface area contributed by atoms with Gasteiger partial charge in [-0.25, -0.2) is 4.68 Å². The zero-order valence-electron chi connectivity index (χ0n) is 11.3. The summed E-state index contributed by atoms with van der Waals surface area (Å²) >= 11 is 3.33. The fourth-order valence-electron chi connectivity index (χ4n) is 1.79. The quantitative estimate of drug-likeness (QED) is 0.617. The minimum absolute atomic E-state index is 0.0344. The van der Waals surface area contributed by atoms with Gasteiger partial charge in [-0.05, 0) is 45.0 Å². The molecule has 0 spiro atoms. The number of nitrogens with zero attached hydrogens (tertiary/aromatic N) is 3. The molecule has 1 aromatic heterocycles. The lowest BCUT2D eigenvalue weighted by atomic mass is 10.3. The fourth-order valence-corrected chi connectivity index (χ4v) is 2.05. The van der Waals surface area contributed by atoms with E-state index in [2.05, 4.69) is 21.0 Å². The second kappa shape index (κ2) is 5.62. The maximum atomic E-state index is 11.2. The van der Waals surface area contributed by atoms with Gasteiger partial charge in [0.2, 0.25) is 0 Å². The van der Waals surface area contributed by atoms with Crippen LogP contribution < -0.4 is 4.74 Å². The average Bonchev–Trinajstić information content (AvgIpc) is 2.69. The molecule has 0 saturated heterocycles. The highest BCUT2D eigenvalue weighted by atomic mass is 79.9. The Kier molecular flexibility index (Phi) is 4.08. The van der Waals surface area contributed by atoms with Gasteiger partial charge in [-0.3, -0.25) is 10.1 Å². The Morgan fingerprint density at radius 2 is 1.95 bits per heavy atom. The number of benzene rings is 1. The minimum Gasteiger partial charge on any atom is -0.434 e. The number of nitro groups is 1. The molecule has 0 N–H and O–H groups in total. The van der Waals surface area contributed by atoms with E-state index >= 15 is 0 Å². The van der Waals surface area contributed by atoms with Crippen molar-refractivity contribution in [1.29, 1.82) is 0 Å². The lowest BCUT2D eigenvalue weighted by Gasteiger charge is -2.10. The van der Waals surface area contributed by atoms with Gasteiger partial charge in [-0.15, -0.1) is 0 Å². The maximum Gasteiger partial charge on any atom is 0.353 e. The van der Waals surface area contributed by atoms with E-state index in [4.69, 9.17) is 4.74 Å². The summed E-state index contributed by atoms with van der Waals surface area (Å²) in [5.41, 5.74) is 0.248. The van der Waals surface area contributed by atoms with E-state index in [1.807, 2.05) is 26.0 Å². The van der Waals surface area contributed by atoms with E-state index in [9.17, 15) is 10.1 Å². The van der Waals surface area contributed by atoms with E-state index in [0.717, 1.165) is 4.47 Å². The predicted octanol–water partition coefficient (Wildman–Crippen LogP) is 4.24. The van der Waals surface area contributed by atoms with Crippen molar-refractivity contribution in [3.63, 3.8) is 0 Å². The van der Waals surface area contributed by atoms with Gasteiger partial charge in [0.15, 0.2) is 0 Å². The van der Waals surface area contributed by atoms with Crippen LogP contribution in [0.5, 0.6) is 11.6 Å². The van der Waals surface area contributed by atoms with Crippen molar-refractivity contribution < 1.29 is 9.66 Å². The summed E-state index contributed by atoms with van der Waals surface area (Å²) < 4.78 is 8.11. The summed E-state index contributed by atoms with van der Waals surface area (Å²) in [5, 5.41) is 15.4. The molecule has 0 aliphatic heterocycles. The first-order valence-electron chi connectivity index (χ1n) is 6.07. The van der Waals surface area contributed by atoms with Crippen LogP contribution in [0.25, 0.3) is 0 Å². The van der Waals surface area contributed by atoms with Crippen LogP contribution >= 0.6 is 15.9 Å². The molecule has 0 radical (unpaired) electrons. The molecule has 0 aliphatic carbocycles. The monoisotopic (exact) mass is 339 g/mol. The van der Waals surface area contributed by atoms with Crippen LogP contribution in [0.3, 0.4) is 0 Å². The SMILES string of the molecule is Cc1nn(C(C)C)c(Oc2ccc(Br)cc2)c1[N+](=O)[O-]. The number of hydrogen-bond acceptors (Lipinski definition) is 4. The Balaban J connectivity index is 2.48. The fraction of sp³-hybridized carbons (Fsp3) is 0.308. The van der Waals surface area contributed by atoms with Crippen molar-refractivity contribution in [2.75, 3.05) is 0 Å². The summed E-state index contributed by atoms with van der Waals surface area (Å²) in [4.78, 5) is 10.7. The Morgan fingerprint density at radius 1 is 1.35 bits per heavy atom. The van der Waals surface area contributed by atoms with E-state index in [1.54, 1.807) is 19.1 Å². The molecule has 20 heavy (non-hydrogen) atoms. The molecule has 7 heteroatoms. The van der Waals surface area contributed by atoms with Gasteiger partial charge in [0, 0.05) is 4.47 Å². The number of aryl methyl sites for hydroxylation is 1. The van der Waals surface area contributed by atoms with Crippen molar-refractivity contribution >= 4 is 21.6 Å². The zero-order chi connectivity index (χ0) is 14.9. The van der Waals surface area contributed by atoms with Gasteiger partial charge in [-0.1, -0.05) is 15.9 Å². The van der Waals surface area contributed by atoms with Crippen LogP contribution in [0.2, 0.25) is 0 Å². The minimum atomic E-state index is -0.463. The normalized spacial score (nSPS) is 10.8. The Labute approximate surface area is 124 Å². The summed E-state index contributed by atoms with van der Waals surface area (Å²) in [5.74, 6) is 0.683. The highest BCUT2D eigenvalue weighted by Gasteiger charge is 2.28. The van der Waals surface area contributed by atoms with Crippen LogP contribution in [0.4, 0.5) is 5.69 Å². The van der Waals surface area contributed by atoms with Gasteiger partial charge >= 0.3 is 5.69 Å². The predicted molar refractivity (Wildman–Crippen MR) is 78.2 cm³/mol. The molecule has 106 valence electrons. The van der Waals surface area contributed by atoms with Crippen LogP contribution in [-0.4, -0.2) is 14.7 Å². The molecule has 1 aromatic carbocycles. The Morgan fingerprint density at radius 3 is 2.45 bits per heavy atom. The number of halogens is 1. The number of ether oxygens (including phenoxy) is 1. The van der Waals surface area contributed by atoms with E-state index in [-0.39, 0.29) is 17.6 Å². The Bertz CT molecular complexity index is 635. The lowest BCUT2D eigenvalue weighted by molar-refractivity contribution is -0.386. The average molecular weight is 340 g/mol. The largest absolute Gasteiger partial charge is 0.434 e. The molecule has 2 rings (SSSR count). The first kappa shape index (κ1) is 14.5. The molecule has 0 unspecified atom stereocenters. The first-order valence-corrected chi connectivity index (χ1v) is 6.86. The van der Waals surface area contributed by atoms with Crippen molar-refractivity contribution in [1.82, 2.24) is 9.78 Å². The van der Waals surface area contributed by atoms with E-state index < -0.39 is 4.92 Å². The molecule has 0 atom stereocenters. The molecule has 2 aromatic rings. The molecule has 0 bridgehead atoms. The van der Waals surface area contributed by atoms with Crippen molar-refractivity contribution in [3.05, 3.63) is 44.5 Å². The third-order valence-electron chi connectivity index (χ3n) is 2.71. The number of aromatic nitrogens is 2. The van der Waals surface area contributed by atoms with Crippen molar-refractivity contribution in [2.24, 2.45) is 0 Å². The molecular weight excluding hydrogens is 326 g/mol. The van der Waals surface area contributed by atoms with Gasteiger partial charge in [0.25, 0.3) is 5.88 Å². The second-order valence-electron chi connectivity index (χ2n) is 4.59. The molecule has 0 amide bonds. The van der Waals surface area contributed by atoms with Gasteiger partial charge in [0.1, 0.15) is 11.4 Å². The molecule has 0 saturated carbocycles. The van der Waals surface area contributed by atoms with Gasteiger partial charge < -0.3 is 4.74 Å². The summed E-state index contributed by atoms with van der Waals surface area (Å²) in [6.45, 7) is 5.39. The van der Waals surface area contributed by atoms with E-state index in [1.165, 1.54) is 4.68 Å². The third-order valence-corrected chi connectivity index (χ3v) is 3.24. The standard InChI is InChI=1S/C13H14BrN3O3/c1-8(2)16-13(12(17(18)19)9(3)15-16)20-11-6-4-10(14)5-7-11/h4-8H,1-3H3. The summed E-state index contributed by atoms with van der Waals surface area (Å²) in [6, 6.07) is 7.06. The summed E-state index contributed by atoms with van der Waals surface area (Å²) in [6.07, 6.45) is 0. The van der Waals surface area contributed by atoms with Crippen LogP contribution in [0.1, 0.15) is 25.6 Å². The highest BCUT2D eigenvalue weighted by molar-refractivity contribution is 9.10. The van der Waals surface area contributed by atoms with Crippen LogP contribution in [0.15, 0.2) is 28.7 Å². The third kappa shape index (κ3) is 2.82. The molecule has 0 aliphatic rings. The summed E-state index contributed by atoms with van der Waals surface area (Å²) in [7, 11) is 0. The highest BCUT2D eigenvalue weighted by Crippen LogP contribution is 2.36. The Hall–Kier alpha value is -1.89. The number of hydrogen-bond donors (Lipinski definition) is 0. The smallest absolute Gasteiger partial charge is 0.353 e. The van der Waals surface area contributed by atoms with Gasteiger partial charge in [0.05, 0.1) is 11.0 Å². The second-order valence-corrected chi connectivity index (χ2v) is 5.51. The molecule has 0 fully saturated rings. The molecular formula is C13H14BrN3O3. The molecule has 6 nitrogen and oxygen atoms in total. The zero-order valence-corrected chi connectivity index (χ0v) is 12.9. The number of rotatable bonds is 4. The first-order chi connectivity index (χ1) is 9.40. The van der Waals surface area contributed by atoms with Gasteiger partial charge in [-0.2, -0.15) is 5.10 Å². The lowest BCUT2D eigenvalue weighted by Crippen LogP contribution is -2.05. The van der Waals surface area contributed by atoms with Crippen LogP contribution in [-0.2, 0) is 0 Å². The molecule has 1 heterocycles. The topological polar surface area (TPSA) is 70.2 Å². The maximum absolute atomic E-state index is 11.2. The van der Waals surface area contributed by atoms with Crippen LogP contribution in [0, 0.1) is 17.0 Å². The van der Waals surface area contributed by atoms with Crippen molar-refractivity contribution in [3.8, 4) is 11.6 Å². The van der Waals surface area contributed by atoms with E-state index in [0.29, 0.717) is 11.4 Å².